The number of fused-ring (bicyclic) bond motifs is 1. The van der Waals surface area contributed by atoms with Gasteiger partial charge in [-0.3, -0.25) is 14.5 Å². The van der Waals surface area contributed by atoms with E-state index < -0.39 is 0 Å². The van der Waals surface area contributed by atoms with E-state index in [1.807, 2.05) is 43.3 Å². The van der Waals surface area contributed by atoms with E-state index in [4.69, 9.17) is 12.2 Å². The first-order chi connectivity index (χ1) is 11.1. The lowest BCUT2D eigenvalue weighted by Gasteiger charge is -2.09. The van der Waals surface area contributed by atoms with Crippen LogP contribution in [0.2, 0.25) is 0 Å². The molecule has 5 nitrogen and oxygen atoms in total. The van der Waals surface area contributed by atoms with Gasteiger partial charge in [0.25, 0.3) is 5.91 Å². The van der Waals surface area contributed by atoms with Crippen molar-refractivity contribution in [2.24, 2.45) is 7.05 Å². The van der Waals surface area contributed by atoms with Gasteiger partial charge >= 0.3 is 0 Å². The molecule has 0 spiro atoms. The van der Waals surface area contributed by atoms with Crippen LogP contribution >= 0.6 is 12.2 Å². The highest BCUT2D eigenvalue weighted by Crippen LogP contribution is 2.13. The summed E-state index contributed by atoms with van der Waals surface area (Å²) in [5, 5.41) is 7.15. The van der Waals surface area contributed by atoms with E-state index in [9.17, 15) is 4.79 Å². The van der Waals surface area contributed by atoms with Crippen LogP contribution in [0.3, 0.4) is 0 Å². The average molecular weight is 324 g/mol. The topological polar surface area (TPSA) is 59.8 Å². The second-order valence-corrected chi connectivity index (χ2v) is 5.75. The SMILES string of the molecule is Cc1ccc(CNC(=O)c2nn(C)c3cccnc3c2=S)cc1. The molecule has 0 aliphatic heterocycles. The molecule has 0 saturated carbocycles. The van der Waals surface area contributed by atoms with Gasteiger partial charge in [-0.05, 0) is 24.6 Å². The largest absolute Gasteiger partial charge is 0.347 e. The summed E-state index contributed by atoms with van der Waals surface area (Å²) in [5.74, 6) is -0.293. The maximum Gasteiger partial charge on any atom is 0.273 e. The number of aryl methyl sites for hydroxylation is 2. The Labute approximate surface area is 139 Å². The molecule has 1 N–H and O–H groups in total. The molecule has 0 radical (unpaired) electrons. The number of amides is 1. The van der Waals surface area contributed by atoms with Crippen molar-refractivity contribution in [1.29, 1.82) is 0 Å². The number of hydrogen-bond donors (Lipinski definition) is 1. The van der Waals surface area contributed by atoms with Crippen molar-refractivity contribution in [3.05, 3.63) is 63.9 Å². The minimum absolute atomic E-state index is 0.223. The van der Waals surface area contributed by atoms with Crippen molar-refractivity contribution in [1.82, 2.24) is 20.1 Å². The summed E-state index contributed by atoms with van der Waals surface area (Å²) in [5.41, 5.74) is 3.84. The van der Waals surface area contributed by atoms with Crippen LogP contribution in [-0.2, 0) is 13.6 Å². The summed E-state index contributed by atoms with van der Waals surface area (Å²) >= 11 is 5.38. The summed E-state index contributed by atoms with van der Waals surface area (Å²) < 4.78 is 2.00. The average Bonchev–Trinajstić information content (AvgIpc) is 2.57. The number of hydrogen-bond acceptors (Lipinski definition) is 4. The van der Waals surface area contributed by atoms with Gasteiger partial charge in [-0.15, -0.1) is 0 Å². The van der Waals surface area contributed by atoms with Gasteiger partial charge in [0.05, 0.1) is 10.0 Å². The Morgan fingerprint density at radius 3 is 2.74 bits per heavy atom. The maximum absolute atomic E-state index is 12.4. The van der Waals surface area contributed by atoms with E-state index in [1.165, 1.54) is 5.56 Å². The van der Waals surface area contributed by atoms with Crippen LogP contribution in [0.5, 0.6) is 0 Å². The monoisotopic (exact) mass is 324 g/mol. The van der Waals surface area contributed by atoms with Crippen LogP contribution in [0.25, 0.3) is 11.0 Å². The Hall–Kier alpha value is -2.60. The first-order valence-electron chi connectivity index (χ1n) is 7.22. The highest BCUT2D eigenvalue weighted by atomic mass is 32.1. The van der Waals surface area contributed by atoms with Gasteiger partial charge in [0, 0.05) is 19.8 Å². The molecular weight excluding hydrogens is 308 g/mol. The second-order valence-electron chi connectivity index (χ2n) is 5.34. The van der Waals surface area contributed by atoms with Crippen LogP contribution in [0.4, 0.5) is 0 Å². The van der Waals surface area contributed by atoms with Crippen molar-refractivity contribution in [3.8, 4) is 0 Å². The summed E-state index contributed by atoms with van der Waals surface area (Å²) in [4.78, 5) is 16.7. The van der Waals surface area contributed by atoms with E-state index in [0.717, 1.165) is 11.1 Å². The molecule has 3 aromatic rings. The zero-order valence-electron chi connectivity index (χ0n) is 12.9. The van der Waals surface area contributed by atoms with Gasteiger partial charge in [0.1, 0.15) is 5.52 Å². The molecule has 2 heterocycles. The van der Waals surface area contributed by atoms with E-state index in [1.54, 1.807) is 17.9 Å². The zero-order chi connectivity index (χ0) is 16.4. The molecule has 0 atom stereocenters. The molecule has 2 aromatic heterocycles. The van der Waals surface area contributed by atoms with Gasteiger partial charge in [0.15, 0.2) is 5.69 Å². The molecule has 1 aromatic carbocycles. The molecule has 0 fully saturated rings. The number of benzene rings is 1. The number of nitrogens with one attached hydrogen (secondary N) is 1. The van der Waals surface area contributed by atoms with Crippen LogP contribution in [-0.4, -0.2) is 20.7 Å². The minimum atomic E-state index is -0.293. The third-order valence-corrected chi connectivity index (χ3v) is 3.99. The number of nitrogens with zero attached hydrogens (tertiary/aromatic N) is 3. The van der Waals surface area contributed by atoms with Crippen LogP contribution < -0.4 is 5.32 Å². The lowest BCUT2D eigenvalue weighted by atomic mass is 10.1. The molecule has 3 rings (SSSR count). The molecule has 116 valence electrons. The molecule has 1 amide bonds. The standard InChI is InChI=1S/C17H16N4OS/c1-11-5-7-12(8-6-11)10-19-17(22)15-16(23)14-13(21(2)20-15)4-3-9-18-14/h3-9H,10H2,1-2H3,(H,19,22). The normalized spacial score (nSPS) is 10.7. The van der Waals surface area contributed by atoms with Crippen LogP contribution in [0.1, 0.15) is 21.6 Å². The molecule has 0 unspecified atom stereocenters. The highest BCUT2D eigenvalue weighted by Gasteiger charge is 2.14. The Kier molecular flexibility index (Phi) is 4.16. The van der Waals surface area contributed by atoms with Gasteiger partial charge in [0.2, 0.25) is 0 Å². The third kappa shape index (κ3) is 3.12. The van der Waals surface area contributed by atoms with Crippen molar-refractivity contribution in [2.75, 3.05) is 0 Å². The quantitative estimate of drug-likeness (QED) is 0.753. The number of carbonyl (C=O) groups is 1. The molecular formula is C17H16N4OS. The zero-order valence-corrected chi connectivity index (χ0v) is 13.7. The summed E-state index contributed by atoms with van der Waals surface area (Å²) in [7, 11) is 1.77. The van der Waals surface area contributed by atoms with Gasteiger partial charge in [-0.1, -0.05) is 42.0 Å². The van der Waals surface area contributed by atoms with Crippen molar-refractivity contribution < 1.29 is 4.79 Å². The van der Waals surface area contributed by atoms with Gasteiger partial charge < -0.3 is 5.32 Å². The maximum atomic E-state index is 12.4. The number of aromatic nitrogens is 3. The van der Waals surface area contributed by atoms with Gasteiger partial charge in [-0.25, -0.2) is 0 Å². The fourth-order valence-corrected chi connectivity index (χ4v) is 2.61. The lowest BCUT2D eigenvalue weighted by molar-refractivity contribution is 0.0943. The fraction of sp³-hybridized carbons (Fsp3) is 0.176. The predicted octanol–water partition coefficient (Wildman–Crippen LogP) is 2.94. The minimum Gasteiger partial charge on any atom is -0.347 e. The van der Waals surface area contributed by atoms with Crippen LogP contribution in [0.15, 0.2) is 42.6 Å². The molecule has 6 heteroatoms. The number of rotatable bonds is 3. The smallest absolute Gasteiger partial charge is 0.273 e. The fourth-order valence-electron chi connectivity index (χ4n) is 2.31. The van der Waals surface area contributed by atoms with E-state index in [2.05, 4.69) is 15.4 Å². The van der Waals surface area contributed by atoms with E-state index >= 15 is 0 Å². The summed E-state index contributed by atoms with van der Waals surface area (Å²) in [6.45, 7) is 2.46. The highest BCUT2D eigenvalue weighted by molar-refractivity contribution is 7.71. The third-order valence-electron chi connectivity index (χ3n) is 3.60. The molecule has 23 heavy (non-hydrogen) atoms. The summed E-state index contributed by atoms with van der Waals surface area (Å²) in [6.07, 6.45) is 1.66. The molecule has 0 aliphatic rings. The Bertz CT molecular complexity index is 931. The lowest BCUT2D eigenvalue weighted by Crippen LogP contribution is -2.25. The van der Waals surface area contributed by atoms with E-state index in [-0.39, 0.29) is 11.6 Å². The van der Waals surface area contributed by atoms with Gasteiger partial charge in [-0.2, -0.15) is 5.10 Å². The number of pyridine rings is 1. The summed E-state index contributed by atoms with van der Waals surface area (Å²) in [6, 6.07) is 11.7. The Morgan fingerprint density at radius 1 is 1.26 bits per heavy atom. The van der Waals surface area contributed by atoms with Crippen molar-refractivity contribution in [3.63, 3.8) is 0 Å². The first-order valence-corrected chi connectivity index (χ1v) is 7.63. The van der Waals surface area contributed by atoms with Crippen molar-refractivity contribution in [2.45, 2.75) is 13.5 Å². The predicted molar refractivity (Wildman–Crippen MR) is 91.7 cm³/mol. The number of carbonyl (C=O) groups excluding carboxylic acids is 1. The van der Waals surface area contributed by atoms with Crippen molar-refractivity contribution >= 4 is 29.2 Å². The Morgan fingerprint density at radius 2 is 2.00 bits per heavy atom. The molecule has 0 bridgehead atoms. The molecule has 0 saturated heterocycles. The Balaban J connectivity index is 1.88. The first kappa shape index (κ1) is 15.3. The van der Waals surface area contributed by atoms with Crippen LogP contribution in [0, 0.1) is 11.4 Å². The second kappa shape index (κ2) is 6.26. The molecule has 0 aliphatic carbocycles. The van der Waals surface area contributed by atoms with E-state index in [0.29, 0.717) is 16.6 Å².